The number of carbonyl (C=O) groups excluding carboxylic acids is 3. The minimum absolute atomic E-state index is 0.0338. The van der Waals surface area contributed by atoms with Crippen LogP contribution < -0.4 is 10.6 Å². The molecule has 0 aliphatic carbocycles. The van der Waals surface area contributed by atoms with Crippen molar-refractivity contribution in [2.24, 2.45) is 0 Å². The molecule has 1 aliphatic heterocycles. The number of urea groups is 1. The van der Waals surface area contributed by atoms with Crippen LogP contribution in [0.5, 0.6) is 0 Å². The highest BCUT2D eigenvalue weighted by molar-refractivity contribution is 7.88. The number of aromatic nitrogens is 1. The predicted molar refractivity (Wildman–Crippen MR) is 112 cm³/mol. The summed E-state index contributed by atoms with van der Waals surface area (Å²) in [5.41, 5.74) is 0.694. The first-order valence-corrected chi connectivity index (χ1v) is 11.7. The van der Waals surface area contributed by atoms with Crippen LogP contribution in [-0.4, -0.2) is 91.6 Å². The molecule has 11 nitrogen and oxygen atoms in total. The number of sulfonamides is 1. The Morgan fingerprint density at radius 1 is 1.26 bits per heavy atom. The van der Waals surface area contributed by atoms with E-state index in [1.807, 2.05) is 0 Å². The van der Waals surface area contributed by atoms with Gasteiger partial charge in [-0.3, -0.25) is 9.78 Å². The fraction of sp³-hybridized carbons (Fsp3) is 0.579. The molecule has 0 aromatic carbocycles. The SMILES string of the molecule is COC(=O)[C@@H](Cc1cccnc1)NC(=O)[C@@H]1CN(C(=O)NC(C)C)CCN1S(C)(=O)=O. The Labute approximate surface area is 182 Å². The largest absolute Gasteiger partial charge is 0.467 e. The topological polar surface area (TPSA) is 138 Å². The average Bonchev–Trinajstić information content (AvgIpc) is 2.71. The van der Waals surface area contributed by atoms with Crippen LogP contribution in [0.1, 0.15) is 19.4 Å². The van der Waals surface area contributed by atoms with Gasteiger partial charge in [-0.1, -0.05) is 6.07 Å². The Kier molecular flexibility index (Phi) is 8.34. The van der Waals surface area contributed by atoms with Crippen LogP contribution in [0, 0.1) is 0 Å². The summed E-state index contributed by atoms with van der Waals surface area (Å²) in [5, 5.41) is 5.32. The van der Waals surface area contributed by atoms with Crippen LogP contribution in [0.3, 0.4) is 0 Å². The lowest BCUT2D eigenvalue weighted by Crippen LogP contribution is -2.64. The third-order valence-electron chi connectivity index (χ3n) is 4.72. The molecule has 0 spiro atoms. The van der Waals surface area contributed by atoms with E-state index >= 15 is 0 Å². The lowest BCUT2D eigenvalue weighted by atomic mass is 10.1. The molecular weight excluding hydrogens is 426 g/mol. The van der Waals surface area contributed by atoms with Gasteiger partial charge in [0.25, 0.3) is 0 Å². The van der Waals surface area contributed by atoms with Gasteiger partial charge in [0.1, 0.15) is 12.1 Å². The average molecular weight is 456 g/mol. The van der Waals surface area contributed by atoms with E-state index in [1.165, 1.54) is 12.0 Å². The number of hydrogen-bond donors (Lipinski definition) is 2. The van der Waals surface area contributed by atoms with Gasteiger partial charge < -0.3 is 20.3 Å². The quantitative estimate of drug-likeness (QED) is 0.521. The standard InChI is InChI=1S/C19H29N5O6S/c1-13(2)21-19(27)23-8-9-24(31(4,28)29)16(12-23)17(25)22-15(18(26)30-3)10-14-6-5-7-20-11-14/h5-7,11,13,15-16H,8-10,12H2,1-4H3,(H,21,27)(H,22,25)/t15-,16+/m1/s1. The lowest BCUT2D eigenvalue weighted by molar-refractivity contribution is -0.145. The van der Waals surface area contributed by atoms with Gasteiger partial charge in [0.05, 0.1) is 13.4 Å². The smallest absolute Gasteiger partial charge is 0.328 e. The number of nitrogens with zero attached hydrogens (tertiary/aromatic N) is 3. The first-order chi connectivity index (χ1) is 14.5. The van der Waals surface area contributed by atoms with Crippen molar-refractivity contribution in [3.8, 4) is 0 Å². The molecule has 1 saturated heterocycles. The number of amides is 3. The van der Waals surface area contributed by atoms with Crippen molar-refractivity contribution < 1.29 is 27.5 Å². The second kappa shape index (κ2) is 10.5. The summed E-state index contributed by atoms with van der Waals surface area (Å²) >= 11 is 0. The Morgan fingerprint density at radius 3 is 2.52 bits per heavy atom. The molecule has 12 heteroatoms. The number of nitrogens with one attached hydrogen (secondary N) is 2. The summed E-state index contributed by atoms with van der Waals surface area (Å²) in [7, 11) is -2.52. The van der Waals surface area contributed by atoms with E-state index in [0.29, 0.717) is 5.56 Å². The zero-order valence-corrected chi connectivity index (χ0v) is 18.9. The van der Waals surface area contributed by atoms with Gasteiger partial charge in [0, 0.05) is 44.5 Å². The fourth-order valence-corrected chi connectivity index (χ4v) is 4.30. The maximum absolute atomic E-state index is 13.1. The first-order valence-electron chi connectivity index (χ1n) is 9.82. The maximum Gasteiger partial charge on any atom is 0.328 e. The van der Waals surface area contributed by atoms with Crippen molar-refractivity contribution in [2.75, 3.05) is 33.0 Å². The van der Waals surface area contributed by atoms with Gasteiger partial charge in [0.15, 0.2) is 0 Å². The summed E-state index contributed by atoms with van der Waals surface area (Å²) < 4.78 is 30.3. The van der Waals surface area contributed by atoms with Gasteiger partial charge in [0.2, 0.25) is 15.9 Å². The van der Waals surface area contributed by atoms with E-state index in [1.54, 1.807) is 38.4 Å². The molecule has 0 radical (unpaired) electrons. The van der Waals surface area contributed by atoms with E-state index in [-0.39, 0.29) is 38.1 Å². The van der Waals surface area contributed by atoms with Gasteiger partial charge in [-0.2, -0.15) is 4.31 Å². The molecule has 2 N–H and O–H groups in total. The Morgan fingerprint density at radius 2 is 1.97 bits per heavy atom. The molecule has 0 bridgehead atoms. The Hall–Kier alpha value is -2.73. The van der Waals surface area contributed by atoms with Crippen molar-refractivity contribution in [2.45, 2.75) is 38.4 Å². The van der Waals surface area contributed by atoms with E-state index in [9.17, 15) is 22.8 Å². The maximum atomic E-state index is 13.1. The Balaban J connectivity index is 2.22. The summed E-state index contributed by atoms with van der Waals surface area (Å²) in [6.07, 6.45) is 4.27. The number of esters is 1. The zero-order chi connectivity index (χ0) is 23.2. The highest BCUT2D eigenvalue weighted by atomic mass is 32.2. The number of carbonyl (C=O) groups is 3. The van der Waals surface area contributed by atoms with Crippen LogP contribution in [0.25, 0.3) is 0 Å². The molecule has 31 heavy (non-hydrogen) atoms. The van der Waals surface area contributed by atoms with Gasteiger partial charge in [-0.15, -0.1) is 0 Å². The van der Waals surface area contributed by atoms with Crippen LogP contribution in [0.4, 0.5) is 4.79 Å². The van der Waals surface area contributed by atoms with Crippen LogP contribution in [0.2, 0.25) is 0 Å². The minimum Gasteiger partial charge on any atom is -0.467 e. The number of ether oxygens (including phenoxy) is 1. The normalized spacial score (nSPS) is 18.4. The number of hydrogen-bond acceptors (Lipinski definition) is 7. The van der Waals surface area contributed by atoms with Gasteiger partial charge >= 0.3 is 12.0 Å². The lowest BCUT2D eigenvalue weighted by Gasteiger charge is -2.39. The van der Waals surface area contributed by atoms with E-state index in [0.717, 1.165) is 10.6 Å². The molecule has 1 aromatic rings. The van der Waals surface area contributed by atoms with Crippen molar-refractivity contribution >= 4 is 27.9 Å². The minimum atomic E-state index is -3.72. The molecule has 3 amide bonds. The molecule has 2 heterocycles. The fourth-order valence-electron chi connectivity index (χ4n) is 3.26. The van der Waals surface area contributed by atoms with Crippen LogP contribution >= 0.6 is 0 Å². The number of rotatable bonds is 7. The summed E-state index contributed by atoms with van der Waals surface area (Å²) in [6, 6.07) is 0.724. The van der Waals surface area contributed by atoms with Crippen LogP contribution in [0.15, 0.2) is 24.5 Å². The van der Waals surface area contributed by atoms with Crippen molar-refractivity contribution in [3.63, 3.8) is 0 Å². The third-order valence-corrected chi connectivity index (χ3v) is 6.01. The molecule has 2 rings (SSSR count). The van der Waals surface area contributed by atoms with Crippen molar-refractivity contribution in [1.29, 1.82) is 0 Å². The molecule has 2 atom stereocenters. The van der Waals surface area contributed by atoms with Gasteiger partial charge in [-0.25, -0.2) is 18.0 Å². The molecular formula is C19H29N5O6S. The Bertz CT molecular complexity index is 892. The van der Waals surface area contributed by atoms with E-state index < -0.39 is 34.0 Å². The molecule has 1 fully saturated rings. The second-order valence-electron chi connectivity index (χ2n) is 7.59. The number of pyridine rings is 1. The molecule has 1 aromatic heterocycles. The first kappa shape index (κ1) is 24.5. The van der Waals surface area contributed by atoms with Crippen molar-refractivity contribution in [3.05, 3.63) is 30.1 Å². The molecule has 0 saturated carbocycles. The highest BCUT2D eigenvalue weighted by Gasteiger charge is 2.40. The van der Waals surface area contributed by atoms with Crippen molar-refractivity contribution in [1.82, 2.24) is 24.8 Å². The molecule has 172 valence electrons. The third kappa shape index (κ3) is 6.89. The second-order valence-corrected chi connectivity index (χ2v) is 9.52. The molecule has 0 unspecified atom stereocenters. The van der Waals surface area contributed by atoms with Gasteiger partial charge in [-0.05, 0) is 25.5 Å². The zero-order valence-electron chi connectivity index (χ0n) is 18.1. The summed E-state index contributed by atoms with van der Waals surface area (Å²) in [4.78, 5) is 43.1. The highest BCUT2D eigenvalue weighted by Crippen LogP contribution is 2.15. The summed E-state index contributed by atoms with van der Waals surface area (Å²) in [5.74, 6) is -1.36. The number of methoxy groups -OCH3 is 1. The van der Waals surface area contributed by atoms with E-state index in [2.05, 4.69) is 15.6 Å². The van der Waals surface area contributed by atoms with E-state index in [4.69, 9.17) is 4.74 Å². The monoisotopic (exact) mass is 455 g/mol. The number of piperazine rings is 1. The van der Waals surface area contributed by atoms with Crippen LogP contribution in [-0.2, 0) is 30.8 Å². The molecule has 1 aliphatic rings. The predicted octanol–water partition coefficient (Wildman–Crippen LogP) is -0.654. The summed E-state index contributed by atoms with van der Waals surface area (Å²) in [6.45, 7) is 3.57.